The third-order valence-corrected chi connectivity index (χ3v) is 6.14. The summed E-state index contributed by atoms with van der Waals surface area (Å²) in [6, 6.07) is 8.07. The molecule has 2 amide bonds. The van der Waals surface area contributed by atoms with E-state index in [0.717, 1.165) is 32.6 Å². The number of aromatic nitrogens is 2. The average Bonchev–Trinajstić information content (AvgIpc) is 3.32. The smallest absolute Gasteiger partial charge is 0.274 e. The first-order valence-electron chi connectivity index (χ1n) is 8.90. The topological polar surface area (TPSA) is 75.2 Å². The number of nitrogens with one attached hydrogen (secondary N) is 1. The van der Waals surface area contributed by atoms with E-state index in [0.29, 0.717) is 18.8 Å². The maximum atomic E-state index is 12.8. The minimum atomic E-state index is -0.106. The van der Waals surface area contributed by atoms with Gasteiger partial charge in [0.05, 0.1) is 16.8 Å². The fourth-order valence-corrected chi connectivity index (χ4v) is 4.83. The molecule has 3 aromatic rings. The molecule has 1 aromatic carbocycles. The summed E-state index contributed by atoms with van der Waals surface area (Å²) < 4.78 is 1.10. The highest BCUT2D eigenvalue weighted by Crippen LogP contribution is 2.40. The van der Waals surface area contributed by atoms with E-state index in [1.165, 1.54) is 17.5 Å². The van der Waals surface area contributed by atoms with Crippen molar-refractivity contribution in [3.63, 3.8) is 0 Å². The van der Waals surface area contributed by atoms with E-state index in [-0.39, 0.29) is 17.7 Å². The number of hydrogen-bond acceptors (Lipinski definition) is 5. The maximum Gasteiger partial charge on any atom is 0.274 e. The van der Waals surface area contributed by atoms with Crippen LogP contribution in [0, 0.1) is 6.92 Å². The Morgan fingerprint density at radius 2 is 2.04 bits per heavy atom. The van der Waals surface area contributed by atoms with Crippen LogP contribution in [0.2, 0.25) is 0 Å². The van der Waals surface area contributed by atoms with Crippen molar-refractivity contribution in [2.45, 2.75) is 19.3 Å². The fourth-order valence-electron chi connectivity index (χ4n) is 3.60. The van der Waals surface area contributed by atoms with Crippen LogP contribution in [-0.2, 0) is 0 Å². The van der Waals surface area contributed by atoms with Gasteiger partial charge in [-0.15, -0.1) is 11.3 Å². The van der Waals surface area contributed by atoms with Gasteiger partial charge in [0.1, 0.15) is 5.69 Å². The normalized spacial score (nSPS) is 16.7. The largest absolute Gasteiger partial charge is 0.354 e. The highest BCUT2D eigenvalue weighted by molar-refractivity contribution is 7.21. The van der Waals surface area contributed by atoms with Crippen molar-refractivity contribution in [3.05, 3.63) is 58.5 Å². The van der Waals surface area contributed by atoms with Gasteiger partial charge in [0, 0.05) is 37.0 Å². The van der Waals surface area contributed by atoms with E-state index in [4.69, 9.17) is 0 Å². The fraction of sp³-hybridized carbons (Fsp3) is 0.300. The van der Waals surface area contributed by atoms with Crippen LogP contribution in [0.4, 0.5) is 0 Å². The molecule has 0 spiro atoms. The molecule has 1 atom stereocenters. The number of thiophene rings is 1. The lowest BCUT2D eigenvalue weighted by molar-refractivity contribution is 0.0784. The molecule has 6 nitrogen and oxygen atoms in total. The molecular weight excluding hydrogens is 360 g/mol. The van der Waals surface area contributed by atoms with Crippen molar-refractivity contribution in [2.75, 3.05) is 20.1 Å². The molecular formula is C20H20N4O2S. The standard InChI is InChI=1S/C20H20N4O2S/c1-12-9-23-15(10-22-12)20(26)24-8-7-13(11-24)17-14-5-3-4-6-16(14)27-18(17)19(25)21-2/h3-6,9-10,13H,7-8,11H2,1-2H3,(H,21,25)/t13-/m0/s1. The summed E-state index contributed by atoms with van der Waals surface area (Å²) in [5.74, 6) is -0.0396. The van der Waals surface area contributed by atoms with Crippen LogP contribution in [0.15, 0.2) is 36.7 Å². The van der Waals surface area contributed by atoms with Gasteiger partial charge >= 0.3 is 0 Å². The zero-order valence-electron chi connectivity index (χ0n) is 15.2. The van der Waals surface area contributed by atoms with E-state index in [1.54, 1.807) is 13.2 Å². The first-order chi connectivity index (χ1) is 13.1. The van der Waals surface area contributed by atoms with Crippen LogP contribution in [-0.4, -0.2) is 46.8 Å². The molecule has 4 rings (SSSR count). The Morgan fingerprint density at radius 3 is 2.78 bits per heavy atom. The average molecular weight is 380 g/mol. The number of hydrogen-bond donors (Lipinski definition) is 1. The first-order valence-corrected chi connectivity index (χ1v) is 9.71. The molecule has 0 radical (unpaired) electrons. The Balaban J connectivity index is 1.64. The molecule has 0 unspecified atom stereocenters. The minimum Gasteiger partial charge on any atom is -0.354 e. The van der Waals surface area contributed by atoms with Gasteiger partial charge in [-0.1, -0.05) is 18.2 Å². The molecule has 3 heterocycles. The second-order valence-electron chi connectivity index (χ2n) is 6.70. The van der Waals surface area contributed by atoms with Crippen LogP contribution in [0.1, 0.15) is 43.8 Å². The van der Waals surface area contributed by atoms with Gasteiger partial charge in [0.25, 0.3) is 11.8 Å². The molecule has 2 aromatic heterocycles. The lowest BCUT2D eigenvalue weighted by atomic mass is 9.95. The van der Waals surface area contributed by atoms with E-state index in [1.807, 2.05) is 30.0 Å². The number of rotatable bonds is 3. The van der Waals surface area contributed by atoms with Crippen molar-refractivity contribution in [1.82, 2.24) is 20.2 Å². The Morgan fingerprint density at radius 1 is 1.22 bits per heavy atom. The Labute approximate surface area is 161 Å². The molecule has 0 aliphatic carbocycles. The molecule has 27 heavy (non-hydrogen) atoms. The summed E-state index contributed by atoms with van der Waals surface area (Å²) in [6.45, 7) is 3.07. The molecule has 1 saturated heterocycles. The quantitative estimate of drug-likeness (QED) is 0.758. The maximum absolute atomic E-state index is 12.8. The zero-order chi connectivity index (χ0) is 19.0. The van der Waals surface area contributed by atoms with Crippen LogP contribution >= 0.6 is 11.3 Å². The SMILES string of the molecule is CNC(=O)c1sc2ccccc2c1[C@H]1CCN(C(=O)c2cnc(C)cn2)C1. The van der Waals surface area contributed by atoms with E-state index < -0.39 is 0 Å². The van der Waals surface area contributed by atoms with Crippen molar-refractivity contribution >= 4 is 33.2 Å². The number of fused-ring (bicyclic) bond motifs is 1. The van der Waals surface area contributed by atoms with E-state index in [2.05, 4.69) is 21.4 Å². The lowest BCUT2D eigenvalue weighted by Crippen LogP contribution is -2.29. The van der Waals surface area contributed by atoms with Gasteiger partial charge in [-0.05, 0) is 30.4 Å². The Kier molecular flexibility index (Phi) is 4.61. The van der Waals surface area contributed by atoms with E-state index in [9.17, 15) is 9.59 Å². The number of nitrogens with zero attached hydrogens (tertiary/aromatic N) is 3. The minimum absolute atomic E-state index is 0.0691. The highest BCUT2D eigenvalue weighted by atomic mass is 32.1. The molecule has 7 heteroatoms. The van der Waals surface area contributed by atoms with Crippen molar-refractivity contribution in [2.24, 2.45) is 0 Å². The number of carbonyl (C=O) groups is 2. The van der Waals surface area contributed by atoms with Gasteiger partial charge < -0.3 is 10.2 Å². The summed E-state index contributed by atoms with van der Waals surface area (Å²) in [6.07, 6.45) is 3.97. The van der Waals surface area contributed by atoms with Crippen molar-refractivity contribution in [3.8, 4) is 0 Å². The molecule has 138 valence electrons. The molecule has 0 bridgehead atoms. The van der Waals surface area contributed by atoms with Gasteiger partial charge in [0.15, 0.2) is 0 Å². The monoisotopic (exact) mass is 380 g/mol. The van der Waals surface area contributed by atoms with Gasteiger partial charge in [-0.3, -0.25) is 14.6 Å². The number of benzene rings is 1. The second-order valence-corrected chi connectivity index (χ2v) is 7.75. The molecule has 1 aliphatic rings. The van der Waals surface area contributed by atoms with Crippen LogP contribution < -0.4 is 5.32 Å². The zero-order valence-corrected chi connectivity index (χ0v) is 16.0. The summed E-state index contributed by atoms with van der Waals surface area (Å²) in [5, 5.41) is 3.85. The van der Waals surface area contributed by atoms with Gasteiger partial charge in [0.2, 0.25) is 0 Å². The predicted octanol–water partition coefficient (Wildman–Crippen LogP) is 2.99. The summed E-state index contributed by atoms with van der Waals surface area (Å²) in [4.78, 5) is 36.1. The number of likely N-dealkylation sites (tertiary alicyclic amines) is 1. The van der Waals surface area contributed by atoms with Crippen LogP contribution in [0.25, 0.3) is 10.1 Å². The molecule has 1 fully saturated rings. The molecule has 0 saturated carbocycles. The third kappa shape index (κ3) is 3.19. The van der Waals surface area contributed by atoms with Crippen molar-refractivity contribution in [1.29, 1.82) is 0 Å². The second kappa shape index (κ2) is 7.08. The number of carbonyl (C=O) groups excluding carboxylic acids is 2. The van der Waals surface area contributed by atoms with Crippen LogP contribution in [0.3, 0.4) is 0 Å². The molecule has 1 aliphatic heterocycles. The summed E-state index contributed by atoms with van der Waals surface area (Å²) >= 11 is 1.51. The first kappa shape index (κ1) is 17.6. The number of aryl methyl sites for hydroxylation is 1. The highest BCUT2D eigenvalue weighted by Gasteiger charge is 2.33. The Bertz CT molecular complexity index is 1010. The van der Waals surface area contributed by atoms with Gasteiger partial charge in [-0.2, -0.15) is 0 Å². The number of amides is 2. The lowest BCUT2D eigenvalue weighted by Gasteiger charge is -2.16. The van der Waals surface area contributed by atoms with Crippen molar-refractivity contribution < 1.29 is 9.59 Å². The van der Waals surface area contributed by atoms with Gasteiger partial charge in [-0.25, -0.2) is 4.98 Å². The predicted molar refractivity (Wildman–Crippen MR) is 105 cm³/mol. The third-order valence-electron chi connectivity index (χ3n) is 4.95. The van der Waals surface area contributed by atoms with E-state index >= 15 is 0 Å². The molecule has 1 N–H and O–H groups in total. The van der Waals surface area contributed by atoms with Crippen LogP contribution in [0.5, 0.6) is 0 Å². The summed E-state index contributed by atoms with van der Waals surface area (Å²) in [5.41, 5.74) is 2.20. The Hall–Kier alpha value is -2.80. The summed E-state index contributed by atoms with van der Waals surface area (Å²) in [7, 11) is 1.65.